The summed E-state index contributed by atoms with van der Waals surface area (Å²) in [7, 11) is 0. The smallest absolute Gasteiger partial charge is 0.146 e. The molecule has 1 aromatic rings. The van der Waals surface area contributed by atoms with Gasteiger partial charge in [-0.3, -0.25) is 0 Å². The van der Waals surface area contributed by atoms with Crippen LogP contribution in [0.25, 0.3) is 0 Å². The summed E-state index contributed by atoms with van der Waals surface area (Å²) in [6, 6.07) is 5.01. The zero-order valence-electron chi connectivity index (χ0n) is 13.2. The van der Waals surface area contributed by atoms with Crippen LogP contribution in [0, 0.1) is 17.2 Å². The minimum absolute atomic E-state index is 0.0586. The zero-order valence-corrected chi connectivity index (χ0v) is 14.0. The normalized spacial score (nSPS) is 23.2. The average Bonchev–Trinajstić information content (AvgIpc) is 2.92. The van der Waals surface area contributed by atoms with Crippen LogP contribution < -0.4 is 5.32 Å². The molecule has 1 heterocycles. The van der Waals surface area contributed by atoms with Gasteiger partial charge in [-0.1, -0.05) is 37.6 Å². The van der Waals surface area contributed by atoms with E-state index in [4.69, 9.17) is 16.3 Å². The van der Waals surface area contributed by atoms with Gasteiger partial charge in [0.05, 0.1) is 11.6 Å². The summed E-state index contributed by atoms with van der Waals surface area (Å²) >= 11 is 5.91. The summed E-state index contributed by atoms with van der Waals surface area (Å²) in [6.07, 6.45) is 1.62. The summed E-state index contributed by atoms with van der Waals surface area (Å²) in [5, 5.41) is 12.9. The molecule has 2 N–H and O–H groups in total. The molecule has 2 atom stereocenters. The van der Waals surface area contributed by atoms with Crippen molar-refractivity contribution < 1.29 is 14.2 Å². The van der Waals surface area contributed by atoms with E-state index in [1.165, 1.54) is 0 Å². The van der Waals surface area contributed by atoms with Crippen LogP contribution in [-0.4, -0.2) is 31.5 Å². The van der Waals surface area contributed by atoms with Gasteiger partial charge < -0.3 is 15.2 Å². The molecule has 0 amide bonds. The SMILES string of the molecule is CC(C)C(NCC1(CCO)CCOC1)c1cccc(Cl)c1F. The Kier molecular flexibility index (Phi) is 6.21. The number of hydrogen-bond donors (Lipinski definition) is 2. The van der Waals surface area contributed by atoms with Gasteiger partial charge in [-0.25, -0.2) is 4.39 Å². The van der Waals surface area contributed by atoms with Crippen LogP contribution >= 0.6 is 11.6 Å². The van der Waals surface area contributed by atoms with Crippen LogP contribution in [0.2, 0.25) is 5.02 Å². The quantitative estimate of drug-likeness (QED) is 0.803. The summed E-state index contributed by atoms with van der Waals surface area (Å²) in [6.45, 7) is 6.32. The highest BCUT2D eigenvalue weighted by Crippen LogP contribution is 2.34. The van der Waals surface area contributed by atoms with Crippen LogP contribution in [-0.2, 0) is 4.74 Å². The fourth-order valence-electron chi connectivity index (χ4n) is 3.10. The molecule has 0 aromatic heterocycles. The van der Waals surface area contributed by atoms with Crippen LogP contribution in [0.1, 0.15) is 38.3 Å². The van der Waals surface area contributed by atoms with Crippen molar-refractivity contribution in [3.8, 4) is 0 Å². The molecule has 22 heavy (non-hydrogen) atoms. The van der Waals surface area contributed by atoms with Crippen LogP contribution in [0.4, 0.5) is 4.39 Å². The Morgan fingerprint density at radius 3 is 2.82 bits per heavy atom. The number of halogens is 2. The third-order valence-electron chi connectivity index (χ3n) is 4.51. The van der Waals surface area contributed by atoms with Gasteiger partial charge in [0, 0.05) is 36.8 Å². The maximum absolute atomic E-state index is 14.3. The van der Waals surface area contributed by atoms with Gasteiger partial charge in [0.1, 0.15) is 5.82 Å². The fraction of sp³-hybridized carbons (Fsp3) is 0.647. The Labute approximate surface area is 136 Å². The van der Waals surface area contributed by atoms with Gasteiger partial charge in [0.25, 0.3) is 0 Å². The number of rotatable bonds is 7. The van der Waals surface area contributed by atoms with Crippen molar-refractivity contribution in [2.45, 2.75) is 32.7 Å². The minimum atomic E-state index is -0.353. The molecule has 1 fully saturated rings. The second-order valence-electron chi connectivity index (χ2n) is 6.52. The summed E-state index contributed by atoms with van der Waals surface area (Å²) in [5.74, 6) is -0.129. The summed E-state index contributed by atoms with van der Waals surface area (Å²) < 4.78 is 19.8. The Morgan fingerprint density at radius 1 is 1.45 bits per heavy atom. The Morgan fingerprint density at radius 2 is 2.23 bits per heavy atom. The van der Waals surface area contributed by atoms with E-state index in [-0.39, 0.29) is 34.8 Å². The van der Waals surface area contributed by atoms with Crippen molar-refractivity contribution in [1.82, 2.24) is 5.32 Å². The molecule has 5 heteroatoms. The molecule has 0 radical (unpaired) electrons. The van der Waals surface area contributed by atoms with E-state index < -0.39 is 0 Å². The molecule has 1 saturated heterocycles. The van der Waals surface area contributed by atoms with Crippen molar-refractivity contribution in [2.75, 3.05) is 26.4 Å². The van der Waals surface area contributed by atoms with Gasteiger partial charge in [-0.2, -0.15) is 0 Å². The van der Waals surface area contributed by atoms with Gasteiger partial charge in [-0.15, -0.1) is 0 Å². The highest BCUT2D eigenvalue weighted by Gasteiger charge is 2.35. The van der Waals surface area contributed by atoms with Crippen molar-refractivity contribution in [3.05, 3.63) is 34.6 Å². The van der Waals surface area contributed by atoms with Crippen molar-refractivity contribution in [1.29, 1.82) is 0 Å². The van der Waals surface area contributed by atoms with Gasteiger partial charge >= 0.3 is 0 Å². The molecule has 0 saturated carbocycles. The second kappa shape index (κ2) is 7.73. The number of hydrogen-bond acceptors (Lipinski definition) is 3. The van der Waals surface area contributed by atoms with E-state index in [2.05, 4.69) is 19.2 Å². The van der Waals surface area contributed by atoms with Gasteiger partial charge in [0.15, 0.2) is 0 Å². The molecule has 0 spiro atoms. The lowest BCUT2D eigenvalue weighted by molar-refractivity contribution is 0.120. The van der Waals surface area contributed by atoms with Gasteiger partial charge in [0.2, 0.25) is 0 Å². The lowest BCUT2D eigenvalue weighted by Crippen LogP contribution is -2.39. The standard InChI is InChI=1S/C17H25ClFNO2/c1-12(2)16(13-4-3-5-14(18)15(13)19)20-10-17(6-8-21)7-9-22-11-17/h3-5,12,16,20-21H,6-11H2,1-2H3. The molecular weight excluding hydrogens is 305 g/mol. The molecule has 3 nitrogen and oxygen atoms in total. The molecule has 2 rings (SSSR count). The van der Waals surface area contributed by atoms with Gasteiger partial charge in [-0.05, 0) is 24.8 Å². The highest BCUT2D eigenvalue weighted by atomic mass is 35.5. The maximum Gasteiger partial charge on any atom is 0.146 e. The van der Waals surface area contributed by atoms with Crippen molar-refractivity contribution in [2.24, 2.45) is 11.3 Å². The lowest BCUT2D eigenvalue weighted by atomic mass is 9.83. The lowest BCUT2D eigenvalue weighted by Gasteiger charge is -2.32. The third kappa shape index (κ3) is 3.99. The number of benzene rings is 1. The monoisotopic (exact) mass is 329 g/mol. The first-order chi connectivity index (χ1) is 10.5. The largest absolute Gasteiger partial charge is 0.396 e. The van der Waals surface area contributed by atoms with E-state index >= 15 is 0 Å². The molecule has 1 aliphatic rings. The summed E-state index contributed by atoms with van der Waals surface area (Å²) in [4.78, 5) is 0. The Hall–Kier alpha value is -0.680. The first-order valence-corrected chi connectivity index (χ1v) is 8.23. The highest BCUT2D eigenvalue weighted by molar-refractivity contribution is 6.30. The fourth-order valence-corrected chi connectivity index (χ4v) is 3.29. The summed E-state index contributed by atoms with van der Waals surface area (Å²) in [5.41, 5.74) is 0.539. The first kappa shape index (κ1) is 17.7. The number of aliphatic hydroxyl groups excluding tert-OH is 1. The maximum atomic E-state index is 14.3. The predicted molar refractivity (Wildman–Crippen MR) is 86.6 cm³/mol. The molecule has 0 aliphatic carbocycles. The van der Waals surface area contributed by atoms with Crippen LogP contribution in [0.15, 0.2) is 18.2 Å². The Balaban J connectivity index is 2.14. The van der Waals surface area contributed by atoms with Crippen molar-refractivity contribution >= 4 is 11.6 Å². The van der Waals surface area contributed by atoms with Crippen molar-refractivity contribution in [3.63, 3.8) is 0 Å². The minimum Gasteiger partial charge on any atom is -0.396 e. The molecule has 1 aromatic carbocycles. The molecular formula is C17H25ClFNO2. The topological polar surface area (TPSA) is 41.5 Å². The zero-order chi connectivity index (χ0) is 16.2. The van der Waals surface area contributed by atoms with E-state index in [0.717, 1.165) is 13.0 Å². The van der Waals surface area contributed by atoms with E-state index in [1.54, 1.807) is 18.2 Å². The molecule has 2 unspecified atom stereocenters. The average molecular weight is 330 g/mol. The molecule has 0 bridgehead atoms. The Bertz CT molecular complexity index is 490. The van der Waals surface area contributed by atoms with E-state index in [9.17, 15) is 9.50 Å². The number of ether oxygens (including phenoxy) is 1. The van der Waals surface area contributed by atoms with Crippen LogP contribution in [0.5, 0.6) is 0 Å². The number of aliphatic hydroxyl groups is 1. The first-order valence-electron chi connectivity index (χ1n) is 7.85. The van der Waals surface area contributed by atoms with E-state index in [1.807, 2.05) is 0 Å². The second-order valence-corrected chi connectivity index (χ2v) is 6.93. The number of nitrogens with one attached hydrogen (secondary N) is 1. The molecule has 1 aliphatic heterocycles. The third-order valence-corrected chi connectivity index (χ3v) is 4.80. The van der Waals surface area contributed by atoms with E-state index in [0.29, 0.717) is 25.1 Å². The van der Waals surface area contributed by atoms with Crippen LogP contribution in [0.3, 0.4) is 0 Å². The molecule has 124 valence electrons. The predicted octanol–water partition coefficient (Wildman–Crippen LogP) is 3.55.